The van der Waals surface area contributed by atoms with Gasteiger partial charge >= 0.3 is 214 Å². The normalized spacial score (nSPS) is 11.2. The van der Waals surface area contributed by atoms with Crippen LogP contribution in [0.1, 0.15) is 16.1 Å². The predicted molar refractivity (Wildman–Crippen MR) is 136 cm³/mol. The van der Waals surface area contributed by atoms with Crippen molar-refractivity contribution in [2.24, 2.45) is 0 Å². The van der Waals surface area contributed by atoms with Gasteiger partial charge in [-0.05, 0) is 0 Å². The van der Waals surface area contributed by atoms with E-state index in [9.17, 15) is 4.79 Å². The van der Waals surface area contributed by atoms with Crippen LogP contribution in [0.2, 0.25) is 15.1 Å². The van der Waals surface area contributed by atoms with Gasteiger partial charge in [0.15, 0.2) is 0 Å². The first-order valence-corrected chi connectivity index (χ1v) is 12.2. The summed E-state index contributed by atoms with van der Waals surface area (Å²) in [5.41, 5.74) is 3.88. The van der Waals surface area contributed by atoms with Crippen LogP contribution >= 0.6 is 34.8 Å². The number of hydrogen-bond acceptors (Lipinski definition) is 4. The zero-order chi connectivity index (χ0) is 23.1. The van der Waals surface area contributed by atoms with Gasteiger partial charge in [0.05, 0.1) is 0 Å². The molecule has 3 heterocycles. The Labute approximate surface area is 213 Å². The third kappa shape index (κ3) is 4.20. The van der Waals surface area contributed by atoms with E-state index >= 15 is 0 Å². The molecule has 1 unspecified atom stereocenters. The van der Waals surface area contributed by atoms with Gasteiger partial charge in [-0.3, -0.25) is 0 Å². The van der Waals surface area contributed by atoms with E-state index in [2.05, 4.69) is 4.98 Å². The summed E-state index contributed by atoms with van der Waals surface area (Å²) in [4.78, 5) is 21.9. The van der Waals surface area contributed by atoms with Crippen molar-refractivity contribution >= 4 is 72.9 Å². The van der Waals surface area contributed by atoms with E-state index in [4.69, 9.17) is 44.2 Å². The summed E-state index contributed by atoms with van der Waals surface area (Å²) >= 11 is 20.0. The van der Waals surface area contributed by atoms with Crippen LogP contribution in [0.25, 0.3) is 33.5 Å². The minimum atomic E-state index is -0.236. The molecule has 0 spiro atoms. The van der Waals surface area contributed by atoms with Crippen molar-refractivity contribution in [3.05, 3.63) is 99.4 Å². The van der Waals surface area contributed by atoms with E-state index in [1.807, 2.05) is 36.4 Å². The standard InChI is InChI=1S/C25H14AsCl3N2O2/c26-21-19-11-18(13-3-5-15(27)6-4-13)22(17-8-7-16(28)10-20(17)29)31-25(19)33-24(21)23(32)14-2-1-9-30-12-14/h1-12H,26H2. The van der Waals surface area contributed by atoms with Crippen LogP contribution in [0.15, 0.2) is 77.5 Å². The molecule has 0 aliphatic rings. The first-order valence-electron chi connectivity index (χ1n) is 9.81. The molecule has 0 aliphatic heterocycles. The number of aromatic nitrogens is 2. The van der Waals surface area contributed by atoms with Crippen molar-refractivity contribution in [3.8, 4) is 22.4 Å². The van der Waals surface area contributed by atoms with E-state index in [0.29, 0.717) is 37.6 Å². The average molecular weight is 556 g/mol. The van der Waals surface area contributed by atoms with Crippen molar-refractivity contribution in [1.29, 1.82) is 0 Å². The van der Waals surface area contributed by atoms with Crippen LogP contribution in [0, 0.1) is 0 Å². The van der Waals surface area contributed by atoms with Crippen molar-refractivity contribution in [2.45, 2.75) is 0 Å². The number of carbonyl (C=O) groups is 1. The second kappa shape index (κ2) is 8.96. The number of hydrogen-bond donors (Lipinski definition) is 0. The molecular formula is C25H14AsCl3N2O2. The number of furan rings is 1. The molecule has 5 rings (SSSR count). The fraction of sp³-hybridized carbons (Fsp3) is 0. The molecule has 5 aromatic rings. The van der Waals surface area contributed by atoms with Crippen LogP contribution < -0.4 is 4.35 Å². The molecule has 3 aromatic heterocycles. The monoisotopic (exact) mass is 554 g/mol. The van der Waals surface area contributed by atoms with Crippen LogP contribution in [-0.4, -0.2) is 32.6 Å². The van der Waals surface area contributed by atoms with Gasteiger partial charge in [0.25, 0.3) is 0 Å². The molecule has 33 heavy (non-hydrogen) atoms. The Bertz CT molecular complexity index is 1520. The summed E-state index contributed by atoms with van der Waals surface area (Å²) in [6.07, 6.45) is 3.14. The van der Waals surface area contributed by atoms with E-state index in [-0.39, 0.29) is 11.5 Å². The molecule has 0 bridgehead atoms. The van der Waals surface area contributed by atoms with Crippen LogP contribution in [-0.2, 0) is 0 Å². The summed E-state index contributed by atoms with van der Waals surface area (Å²) in [5, 5.41) is 2.38. The van der Waals surface area contributed by atoms with E-state index in [1.165, 1.54) is 23.0 Å². The number of nitrogens with zero attached hydrogens (tertiary/aromatic N) is 2. The Morgan fingerprint density at radius 3 is 2.36 bits per heavy atom. The maximum absolute atomic E-state index is 13.1. The van der Waals surface area contributed by atoms with Gasteiger partial charge in [-0.1, -0.05) is 0 Å². The molecule has 8 heteroatoms. The third-order valence-electron chi connectivity index (χ3n) is 5.19. The SMILES string of the molecule is O=C(c1cccnc1)c1oc2nc(-c3ccc(Cl)cc3Cl)c(-c3ccc(Cl)cc3)cc2c1[AsH2]. The second-order valence-electron chi connectivity index (χ2n) is 7.28. The molecule has 0 saturated carbocycles. The van der Waals surface area contributed by atoms with Crippen molar-refractivity contribution in [2.75, 3.05) is 0 Å². The van der Waals surface area contributed by atoms with Crippen molar-refractivity contribution in [3.63, 3.8) is 0 Å². The first-order chi connectivity index (χ1) is 15.9. The van der Waals surface area contributed by atoms with Gasteiger partial charge in [0.1, 0.15) is 0 Å². The minimum absolute atomic E-state index is 0.236. The molecule has 0 N–H and O–H groups in total. The molecule has 4 nitrogen and oxygen atoms in total. The van der Waals surface area contributed by atoms with E-state index < -0.39 is 0 Å². The fourth-order valence-corrected chi connectivity index (χ4v) is 5.03. The zero-order valence-corrected chi connectivity index (χ0v) is 21.5. The van der Waals surface area contributed by atoms with Crippen LogP contribution in [0.5, 0.6) is 0 Å². The van der Waals surface area contributed by atoms with Gasteiger partial charge in [0.2, 0.25) is 0 Å². The fourth-order valence-electron chi connectivity index (χ4n) is 3.57. The number of rotatable bonds is 4. The Morgan fingerprint density at radius 2 is 1.67 bits per heavy atom. The van der Waals surface area contributed by atoms with Gasteiger partial charge in [-0.15, -0.1) is 0 Å². The Balaban J connectivity index is 1.76. The van der Waals surface area contributed by atoms with E-state index in [0.717, 1.165) is 20.9 Å². The van der Waals surface area contributed by atoms with Crippen molar-refractivity contribution < 1.29 is 9.21 Å². The molecule has 1 atom stereocenters. The van der Waals surface area contributed by atoms with Crippen LogP contribution in [0.3, 0.4) is 0 Å². The summed E-state index contributed by atoms with van der Waals surface area (Å²) in [6.45, 7) is 0. The third-order valence-corrected chi connectivity index (χ3v) is 7.19. The topological polar surface area (TPSA) is 56.0 Å². The van der Waals surface area contributed by atoms with Gasteiger partial charge in [0, 0.05) is 0 Å². The molecule has 0 amide bonds. The molecule has 162 valence electrons. The number of fused-ring (bicyclic) bond motifs is 1. The maximum atomic E-state index is 13.1. The van der Waals surface area contributed by atoms with Gasteiger partial charge in [-0.2, -0.15) is 0 Å². The summed E-state index contributed by atoms with van der Waals surface area (Å²) in [5.74, 6) is 0.0199. The summed E-state index contributed by atoms with van der Waals surface area (Å²) in [7, 11) is 0. The number of carbonyl (C=O) groups excluding carboxylic acids is 1. The number of benzene rings is 2. The van der Waals surface area contributed by atoms with Crippen LogP contribution in [0.4, 0.5) is 0 Å². The molecule has 0 saturated heterocycles. The molecule has 2 aromatic carbocycles. The predicted octanol–water partition coefficient (Wildman–Crippen LogP) is 6.01. The number of halogens is 3. The molecule has 0 aliphatic carbocycles. The Kier molecular flexibility index (Phi) is 6.03. The molecule has 0 radical (unpaired) electrons. The second-order valence-corrected chi connectivity index (χ2v) is 9.78. The molecule has 0 fully saturated rings. The summed E-state index contributed by atoms with van der Waals surface area (Å²) < 4.78 is 6.75. The van der Waals surface area contributed by atoms with Gasteiger partial charge in [-0.25, -0.2) is 0 Å². The zero-order valence-electron chi connectivity index (χ0n) is 16.9. The Morgan fingerprint density at radius 1 is 0.909 bits per heavy atom. The van der Waals surface area contributed by atoms with Gasteiger partial charge < -0.3 is 0 Å². The van der Waals surface area contributed by atoms with E-state index in [1.54, 1.807) is 30.5 Å². The quantitative estimate of drug-likeness (QED) is 0.201. The first kappa shape index (κ1) is 22.2. The number of pyridine rings is 2. The number of ketones is 1. The summed E-state index contributed by atoms with van der Waals surface area (Å²) in [6, 6.07) is 18.1. The Hall–Kier alpha value is -2.62. The molecular weight excluding hydrogens is 542 g/mol. The van der Waals surface area contributed by atoms with Crippen molar-refractivity contribution in [1.82, 2.24) is 9.97 Å². The average Bonchev–Trinajstić information content (AvgIpc) is 3.14.